The highest BCUT2D eigenvalue weighted by atomic mass is 32.2. The van der Waals surface area contributed by atoms with Crippen LogP contribution < -0.4 is 10.1 Å². The average Bonchev–Trinajstić information content (AvgIpc) is 3.67. The number of benzene rings is 2. The van der Waals surface area contributed by atoms with Crippen LogP contribution in [0.25, 0.3) is 0 Å². The molecule has 13 heteroatoms. The van der Waals surface area contributed by atoms with Crippen molar-refractivity contribution < 1.29 is 42.4 Å². The first-order valence-electron chi connectivity index (χ1n) is 19.0. The van der Waals surface area contributed by atoms with Crippen LogP contribution in [0.15, 0.2) is 48.5 Å². The Hall–Kier alpha value is -3.23. The topological polar surface area (TPSA) is 155 Å². The molecule has 2 heterocycles. The smallest absolute Gasteiger partial charge is 0.408 e. The third-order valence-electron chi connectivity index (χ3n) is 11.4. The van der Waals surface area contributed by atoms with Crippen molar-refractivity contribution in [3.8, 4) is 5.75 Å². The quantitative estimate of drug-likeness (QED) is 0.259. The second-order valence-corrected chi connectivity index (χ2v) is 17.2. The predicted molar refractivity (Wildman–Crippen MR) is 196 cm³/mol. The normalized spacial score (nSPS) is 25.1. The minimum absolute atomic E-state index is 0.0239. The first-order chi connectivity index (χ1) is 25.1. The summed E-state index contributed by atoms with van der Waals surface area (Å²) >= 11 is 0. The van der Waals surface area contributed by atoms with Crippen molar-refractivity contribution in [3.63, 3.8) is 0 Å². The molecule has 0 aromatic heterocycles. The number of ether oxygens (including phenoxy) is 3. The molecule has 12 nitrogen and oxygen atoms in total. The van der Waals surface area contributed by atoms with Crippen molar-refractivity contribution >= 4 is 21.8 Å². The minimum atomic E-state index is -3.54. The molecule has 2 aliphatic heterocycles. The maximum absolute atomic E-state index is 14.2. The SMILES string of the molecule is CN(C(=O)C[C@@H](c1ccc(OCCN2CCOCC2)cc1)[C@H](O)[C@H](CC1CCCCC1)NC(=O)OC1CCCS1(=O)=O)[C@H]1c2ccccc2C[C@H]1O. The monoisotopic (exact) mass is 741 g/mol. The summed E-state index contributed by atoms with van der Waals surface area (Å²) < 4.78 is 41.8. The third-order valence-corrected chi connectivity index (χ3v) is 13.4. The van der Waals surface area contributed by atoms with E-state index in [0.29, 0.717) is 50.4 Å². The zero-order valence-corrected chi connectivity index (χ0v) is 31.1. The zero-order valence-electron chi connectivity index (χ0n) is 30.2. The molecular weight excluding hydrogens is 687 g/mol. The minimum Gasteiger partial charge on any atom is -0.492 e. The highest BCUT2D eigenvalue weighted by molar-refractivity contribution is 7.92. The fraction of sp³-hybridized carbons (Fsp3) is 0.641. The van der Waals surface area contributed by atoms with Crippen LogP contribution in [-0.2, 0) is 30.5 Å². The molecule has 2 aliphatic carbocycles. The molecule has 6 atom stereocenters. The number of sulfone groups is 1. The van der Waals surface area contributed by atoms with E-state index in [1.54, 1.807) is 11.9 Å². The number of carbonyl (C=O) groups is 2. The molecule has 2 saturated heterocycles. The van der Waals surface area contributed by atoms with Gasteiger partial charge in [-0.15, -0.1) is 0 Å². The summed E-state index contributed by atoms with van der Waals surface area (Å²) in [6.45, 7) is 4.45. The Labute approximate surface area is 307 Å². The van der Waals surface area contributed by atoms with Crippen molar-refractivity contribution in [3.05, 3.63) is 65.2 Å². The number of nitrogens with one attached hydrogen (secondary N) is 1. The number of aliphatic hydroxyl groups is 2. The molecule has 1 unspecified atom stereocenters. The zero-order chi connectivity index (χ0) is 36.7. The van der Waals surface area contributed by atoms with E-state index in [1.807, 2.05) is 48.5 Å². The van der Waals surface area contributed by atoms with Gasteiger partial charge in [-0.3, -0.25) is 9.69 Å². The molecule has 4 aliphatic rings. The molecule has 52 heavy (non-hydrogen) atoms. The van der Waals surface area contributed by atoms with Crippen LogP contribution in [0.2, 0.25) is 0 Å². The number of alkyl carbamates (subject to hydrolysis) is 1. The molecule has 3 N–H and O–H groups in total. The highest BCUT2D eigenvalue weighted by Gasteiger charge is 2.40. The van der Waals surface area contributed by atoms with Gasteiger partial charge in [0.15, 0.2) is 9.84 Å². The third kappa shape index (κ3) is 9.65. The van der Waals surface area contributed by atoms with Crippen LogP contribution in [0.4, 0.5) is 4.79 Å². The Balaban J connectivity index is 1.22. The molecule has 3 fully saturated rings. The standard InChI is InChI=1S/C39H55N3O9S/c1-41(37-31-11-6-5-10-29(31)25-34(37)43)35(44)26-32(28-13-15-30(16-14-28)50-22-19-42-17-20-49-21-18-42)38(45)33(24-27-8-3-2-4-9-27)40-39(46)51-36-12-7-23-52(36,47)48/h5-6,10-11,13-16,27,32-34,36-38,43,45H,2-4,7-9,12,17-26H2,1H3,(H,40,46)/t32-,33-,34+,36?,37-,38-/m0/s1. The molecule has 0 spiro atoms. The van der Waals surface area contributed by atoms with Crippen LogP contribution in [0, 0.1) is 5.92 Å². The van der Waals surface area contributed by atoms with Gasteiger partial charge in [-0.25, -0.2) is 13.2 Å². The molecule has 0 radical (unpaired) electrons. The lowest BCUT2D eigenvalue weighted by atomic mass is 9.79. The lowest BCUT2D eigenvalue weighted by Gasteiger charge is -2.35. The summed E-state index contributed by atoms with van der Waals surface area (Å²) in [4.78, 5) is 31.3. The largest absolute Gasteiger partial charge is 0.492 e. The summed E-state index contributed by atoms with van der Waals surface area (Å²) in [5.41, 5.74) is 1.40. The number of carbonyl (C=O) groups excluding carboxylic acids is 2. The second-order valence-electron chi connectivity index (χ2n) is 14.9. The maximum atomic E-state index is 14.2. The van der Waals surface area contributed by atoms with Gasteiger partial charge in [0.05, 0.1) is 43.3 Å². The highest BCUT2D eigenvalue weighted by Crippen LogP contribution is 2.38. The molecule has 2 amide bonds. The van der Waals surface area contributed by atoms with Gasteiger partial charge < -0.3 is 34.6 Å². The van der Waals surface area contributed by atoms with Crippen molar-refractivity contribution in [2.75, 3.05) is 52.3 Å². The van der Waals surface area contributed by atoms with Gasteiger partial charge in [0.25, 0.3) is 0 Å². The Morgan fingerprint density at radius 3 is 2.46 bits per heavy atom. The summed E-state index contributed by atoms with van der Waals surface area (Å²) in [7, 11) is -1.85. The van der Waals surface area contributed by atoms with Gasteiger partial charge in [0, 0.05) is 51.9 Å². The van der Waals surface area contributed by atoms with Crippen molar-refractivity contribution in [1.29, 1.82) is 0 Å². The molecule has 2 aromatic carbocycles. The van der Waals surface area contributed by atoms with Crippen LogP contribution >= 0.6 is 0 Å². The summed E-state index contributed by atoms with van der Waals surface area (Å²) in [5, 5.41) is 26.1. The van der Waals surface area contributed by atoms with Crippen molar-refractivity contribution in [1.82, 2.24) is 15.1 Å². The van der Waals surface area contributed by atoms with E-state index >= 15 is 0 Å². The van der Waals surface area contributed by atoms with Gasteiger partial charge in [-0.2, -0.15) is 0 Å². The van der Waals surface area contributed by atoms with Crippen molar-refractivity contribution in [2.45, 2.75) is 99.9 Å². The summed E-state index contributed by atoms with van der Waals surface area (Å²) in [6, 6.07) is 13.8. The molecule has 2 aromatic rings. The second kappa shape index (κ2) is 17.7. The van der Waals surface area contributed by atoms with Gasteiger partial charge in [-0.1, -0.05) is 68.5 Å². The van der Waals surface area contributed by atoms with Gasteiger partial charge in [0.2, 0.25) is 11.3 Å². The number of hydrogen-bond acceptors (Lipinski definition) is 10. The van der Waals surface area contributed by atoms with E-state index < -0.39 is 51.6 Å². The predicted octanol–water partition coefficient (Wildman–Crippen LogP) is 3.95. The number of amides is 2. The first-order valence-corrected chi connectivity index (χ1v) is 20.7. The maximum Gasteiger partial charge on any atom is 0.408 e. The van der Waals surface area contributed by atoms with E-state index in [-0.39, 0.29) is 30.4 Å². The van der Waals surface area contributed by atoms with E-state index in [2.05, 4.69) is 10.2 Å². The van der Waals surface area contributed by atoms with Gasteiger partial charge >= 0.3 is 6.09 Å². The van der Waals surface area contributed by atoms with E-state index in [9.17, 15) is 28.2 Å². The van der Waals surface area contributed by atoms with Crippen LogP contribution in [0.3, 0.4) is 0 Å². The Kier molecular flexibility index (Phi) is 13.1. The van der Waals surface area contributed by atoms with Crippen LogP contribution in [-0.4, -0.2) is 116 Å². The van der Waals surface area contributed by atoms with E-state index in [4.69, 9.17) is 14.2 Å². The molecule has 1 saturated carbocycles. The Morgan fingerprint density at radius 2 is 1.75 bits per heavy atom. The lowest BCUT2D eigenvalue weighted by molar-refractivity contribution is -0.135. The van der Waals surface area contributed by atoms with Gasteiger partial charge in [-0.05, 0) is 47.6 Å². The molecular formula is C39H55N3O9S. The number of nitrogens with zero attached hydrogens (tertiary/aromatic N) is 2. The summed E-state index contributed by atoms with van der Waals surface area (Å²) in [5.74, 6) is -0.112. The number of hydrogen-bond donors (Lipinski definition) is 3. The van der Waals surface area contributed by atoms with E-state index in [0.717, 1.165) is 62.9 Å². The number of aliphatic hydroxyl groups excluding tert-OH is 2. The van der Waals surface area contributed by atoms with Crippen molar-refractivity contribution in [2.24, 2.45) is 5.92 Å². The fourth-order valence-electron chi connectivity index (χ4n) is 8.42. The molecule has 0 bridgehead atoms. The van der Waals surface area contributed by atoms with Crippen LogP contribution in [0.1, 0.15) is 86.4 Å². The number of rotatable bonds is 14. The number of likely N-dealkylation sites (N-methyl/N-ethyl adjacent to an activating group) is 1. The van der Waals surface area contributed by atoms with Crippen LogP contribution in [0.5, 0.6) is 5.75 Å². The first kappa shape index (κ1) is 38.5. The Bertz CT molecular complexity index is 1590. The summed E-state index contributed by atoms with van der Waals surface area (Å²) in [6.07, 6.45) is 3.82. The number of morpholine rings is 1. The molecule has 6 rings (SSSR count). The Morgan fingerprint density at radius 1 is 1.02 bits per heavy atom. The lowest BCUT2D eigenvalue weighted by Crippen LogP contribution is -2.49. The van der Waals surface area contributed by atoms with E-state index in [1.165, 1.54) is 0 Å². The van der Waals surface area contributed by atoms with Gasteiger partial charge in [0.1, 0.15) is 12.4 Å². The average molecular weight is 742 g/mol. The number of fused-ring (bicyclic) bond motifs is 1. The fourth-order valence-corrected chi connectivity index (χ4v) is 10.0. The molecule has 286 valence electrons.